The number of halogens is 2. The Labute approximate surface area is 124 Å². The van der Waals surface area contributed by atoms with Crippen LogP contribution in [0.15, 0.2) is 60.9 Å². The van der Waals surface area contributed by atoms with Crippen LogP contribution in [0.2, 0.25) is 0 Å². The molecule has 110 valence electrons. The first-order chi connectivity index (χ1) is 10.6. The summed E-state index contributed by atoms with van der Waals surface area (Å²) in [6, 6.07) is 11.4. The van der Waals surface area contributed by atoms with Crippen LogP contribution < -0.4 is 4.74 Å². The van der Waals surface area contributed by atoms with Crippen molar-refractivity contribution in [2.45, 2.75) is 0 Å². The molecule has 0 aliphatic rings. The molecule has 0 saturated carbocycles. The Kier molecular flexibility index (Phi) is 3.65. The van der Waals surface area contributed by atoms with E-state index in [0.29, 0.717) is 5.69 Å². The third-order valence-corrected chi connectivity index (χ3v) is 2.96. The van der Waals surface area contributed by atoms with Crippen LogP contribution in [0, 0.1) is 11.6 Å². The minimum atomic E-state index is -0.934. The van der Waals surface area contributed by atoms with E-state index in [1.807, 2.05) is 0 Å². The van der Waals surface area contributed by atoms with Crippen LogP contribution in [0.3, 0.4) is 0 Å². The van der Waals surface area contributed by atoms with Crippen molar-refractivity contribution >= 4 is 5.97 Å². The number of nitrogens with zero attached hydrogens (tertiary/aromatic N) is 2. The standard InChI is InChI=1S/C16H10F2N2O2/c17-13-6-2-7-14(18)15(13)22-16(21)11-4-1-5-12(10-11)20-9-3-8-19-20/h1-10H. The molecule has 3 aromatic rings. The van der Waals surface area contributed by atoms with Gasteiger partial charge in [-0.05, 0) is 36.4 Å². The molecule has 0 bridgehead atoms. The first-order valence-corrected chi connectivity index (χ1v) is 6.41. The molecule has 2 aromatic carbocycles. The van der Waals surface area contributed by atoms with Crippen LogP contribution >= 0.6 is 0 Å². The molecule has 0 aliphatic heterocycles. The molecule has 0 aliphatic carbocycles. The molecule has 1 aromatic heterocycles. The van der Waals surface area contributed by atoms with Gasteiger partial charge in [0.25, 0.3) is 0 Å². The van der Waals surface area contributed by atoms with E-state index in [4.69, 9.17) is 4.74 Å². The molecule has 6 heteroatoms. The number of rotatable bonds is 3. The Morgan fingerprint density at radius 1 is 1.05 bits per heavy atom. The van der Waals surface area contributed by atoms with Crippen molar-refractivity contribution in [2.75, 3.05) is 0 Å². The van der Waals surface area contributed by atoms with E-state index in [-0.39, 0.29) is 5.56 Å². The van der Waals surface area contributed by atoms with Gasteiger partial charge in [0.15, 0.2) is 11.6 Å². The smallest absolute Gasteiger partial charge is 0.343 e. The van der Waals surface area contributed by atoms with Gasteiger partial charge in [-0.3, -0.25) is 0 Å². The molecule has 0 spiro atoms. The fraction of sp³-hybridized carbons (Fsp3) is 0. The zero-order valence-corrected chi connectivity index (χ0v) is 11.2. The van der Waals surface area contributed by atoms with Gasteiger partial charge in [0.1, 0.15) is 0 Å². The van der Waals surface area contributed by atoms with Crippen LogP contribution in [0.4, 0.5) is 8.78 Å². The molecule has 0 atom stereocenters. The van der Waals surface area contributed by atoms with Crippen molar-refractivity contribution in [1.82, 2.24) is 9.78 Å². The summed E-state index contributed by atoms with van der Waals surface area (Å²) in [5.41, 5.74) is 0.795. The molecule has 22 heavy (non-hydrogen) atoms. The van der Waals surface area contributed by atoms with Gasteiger partial charge in [0, 0.05) is 12.4 Å². The quantitative estimate of drug-likeness (QED) is 0.550. The topological polar surface area (TPSA) is 44.1 Å². The van der Waals surface area contributed by atoms with Crippen molar-refractivity contribution in [3.63, 3.8) is 0 Å². The number of aromatic nitrogens is 2. The highest BCUT2D eigenvalue weighted by Crippen LogP contribution is 2.22. The van der Waals surface area contributed by atoms with E-state index in [1.54, 1.807) is 35.3 Å². The second-order valence-corrected chi connectivity index (χ2v) is 4.44. The van der Waals surface area contributed by atoms with Crippen molar-refractivity contribution in [3.05, 3.63) is 78.1 Å². The molecule has 0 N–H and O–H groups in total. The number of carbonyl (C=O) groups excluding carboxylic acids is 1. The van der Waals surface area contributed by atoms with Crippen molar-refractivity contribution in [3.8, 4) is 11.4 Å². The maximum Gasteiger partial charge on any atom is 0.343 e. The Morgan fingerprint density at radius 3 is 2.45 bits per heavy atom. The number of carbonyl (C=O) groups is 1. The summed E-state index contributed by atoms with van der Waals surface area (Å²) in [6.07, 6.45) is 3.31. The lowest BCUT2D eigenvalue weighted by Gasteiger charge is -2.07. The number of hydrogen-bond donors (Lipinski definition) is 0. The van der Waals surface area contributed by atoms with Crippen molar-refractivity contribution < 1.29 is 18.3 Å². The van der Waals surface area contributed by atoms with Gasteiger partial charge < -0.3 is 4.74 Å². The highest BCUT2D eigenvalue weighted by molar-refractivity contribution is 5.91. The average Bonchev–Trinajstić information content (AvgIpc) is 3.05. The minimum absolute atomic E-state index is 0.163. The van der Waals surface area contributed by atoms with E-state index in [0.717, 1.165) is 12.1 Å². The Hall–Kier alpha value is -3.02. The van der Waals surface area contributed by atoms with E-state index < -0.39 is 23.4 Å². The van der Waals surface area contributed by atoms with Crippen LogP contribution in [0.25, 0.3) is 5.69 Å². The van der Waals surface area contributed by atoms with E-state index in [9.17, 15) is 13.6 Å². The zero-order valence-electron chi connectivity index (χ0n) is 11.2. The van der Waals surface area contributed by atoms with Crippen LogP contribution in [0.5, 0.6) is 5.75 Å². The first-order valence-electron chi connectivity index (χ1n) is 6.41. The maximum absolute atomic E-state index is 13.5. The molecule has 0 radical (unpaired) electrons. The lowest BCUT2D eigenvalue weighted by atomic mass is 10.2. The number of benzene rings is 2. The first kappa shape index (κ1) is 13.9. The third-order valence-electron chi connectivity index (χ3n) is 2.96. The normalized spacial score (nSPS) is 10.5. The molecule has 1 heterocycles. The third kappa shape index (κ3) is 2.71. The summed E-state index contributed by atoms with van der Waals surface area (Å²) in [7, 11) is 0. The molecule has 0 saturated heterocycles. The molecular formula is C16H10F2N2O2. The lowest BCUT2D eigenvalue weighted by molar-refractivity contribution is 0.0720. The minimum Gasteiger partial charge on any atom is -0.417 e. The van der Waals surface area contributed by atoms with E-state index in [2.05, 4.69) is 5.10 Å². The Morgan fingerprint density at radius 2 is 1.77 bits per heavy atom. The Bertz CT molecular complexity index is 797. The summed E-state index contributed by atoms with van der Waals surface area (Å²) in [5.74, 6) is -3.43. The predicted octanol–water partition coefficient (Wildman–Crippen LogP) is 3.37. The molecule has 4 nitrogen and oxygen atoms in total. The number of esters is 1. The fourth-order valence-electron chi connectivity index (χ4n) is 1.93. The zero-order chi connectivity index (χ0) is 15.5. The monoisotopic (exact) mass is 300 g/mol. The summed E-state index contributed by atoms with van der Waals surface area (Å²) in [5, 5.41) is 4.04. The summed E-state index contributed by atoms with van der Waals surface area (Å²) in [6.45, 7) is 0. The van der Waals surface area contributed by atoms with Gasteiger partial charge in [-0.25, -0.2) is 18.3 Å². The molecule has 3 rings (SSSR count). The molecular weight excluding hydrogens is 290 g/mol. The van der Waals surface area contributed by atoms with Gasteiger partial charge in [-0.15, -0.1) is 0 Å². The number of hydrogen-bond acceptors (Lipinski definition) is 3. The van der Waals surface area contributed by atoms with Gasteiger partial charge >= 0.3 is 5.97 Å². The van der Waals surface area contributed by atoms with E-state index >= 15 is 0 Å². The fourth-order valence-corrected chi connectivity index (χ4v) is 1.93. The lowest BCUT2D eigenvalue weighted by Crippen LogP contribution is -2.11. The van der Waals surface area contributed by atoms with Crippen LogP contribution in [-0.2, 0) is 0 Å². The highest BCUT2D eigenvalue weighted by atomic mass is 19.1. The molecule has 0 fully saturated rings. The summed E-state index contributed by atoms with van der Waals surface area (Å²) < 4.78 is 33.4. The highest BCUT2D eigenvalue weighted by Gasteiger charge is 2.16. The van der Waals surface area contributed by atoms with Crippen LogP contribution in [-0.4, -0.2) is 15.7 Å². The summed E-state index contributed by atoms with van der Waals surface area (Å²) in [4.78, 5) is 12.1. The predicted molar refractivity (Wildman–Crippen MR) is 74.9 cm³/mol. The second kappa shape index (κ2) is 5.77. The molecule has 0 amide bonds. The average molecular weight is 300 g/mol. The Balaban J connectivity index is 1.88. The van der Waals surface area contributed by atoms with E-state index in [1.165, 1.54) is 18.2 Å². The van der Waals surface area contributed by atoms with Gasteiger partial charge in [0.2, 0.25) is 5.75 Å². The maximum atomic E-state index is 13.5. The number of para-hydroxylation sites is 1. The number of ether oxygens (including phenoxy) is 1. The van der Waals surface area contributed by atoms with Crippen LogP contribution in [0.1, 0.15) is 10.4 Å². The molecule has 0 unspecified atom stereocenters. The SMILES string of the molecule is O=C(Oc1c(F)cccc1F)c1cccc(-n2cccn2)c1. The van der Waals surface area contributed by atoms with Gasteiger partial charge in [-0.1, -0.05) is 12.1 Å². The van der Waals surface area contributed by atoms with Crippen molar-refractivity contribution in [1.29, 1.82) is 0 Å². The largest absolute Gasteiger partial charge is 0.417 e. The second-order valence-electron chi connectivity index (χ2n) is 4.44. The van der Waals surface area contributed by atoms with Gasteiger partial charge in [-0.2, -0.15) is 5.10 Å². The summed E-state index contributed by atoms with van der Waals surface area (Å²) >= 11 is 0. The van der Waals surface area contributed by atoms with Crippen molar-refractivity contribution in [2.24, 2.45) is 0 Å². The van der Waals surface area contributed by atoms with Gasteiger partial charge in [0.05, 0.1) is 11.3 Å².